The minimum absolute atomic E-state index is 0.103. The minimum Gasteiger partial charge on any atom is -0.258 e. The first-order valence-electron chi connectivity index (χ1n) is 9.69. The second kappa shape index (κ2) is 9.50. The topological polar surface area (TPSA) is 115 Å². The van der Waals surface area contributed by atoms with Crippen LogP contribution in [0.2, 0.25) is 0 Å². The first-order valence-corrected chi connectivity index (χ1v) is 12.6. The van der Waals surface area contributed by atoms with Gasteiger partial charge in [-0.15, -0.1) is 0 Å². The summed E-state index contributed by atoms with van der Waals surface area (Å²) in [6, 6.07) is 13.4. The molecule has 0 fully saturated rings. The summed E-state index contributed by atoms with van der Waals surface area (Å²) in [6.07, 6.45) is -3.82. The SMILES string of the molecule is Cc1ccc(S(=O)(=O)N(c2cccc(C(F)(F)F)c2)S(=O)(=O)C=Cc2ccccc2)cc1[N+](=O)[O-]. The molecule has 3 rings (SSSR count). The van der Waals surface area contributed by atoms with Crippen molar-refractivity contribution in [1.29, 1.82) is 0 Å². The van der Waals surface area contributed by atoms with E-state index in [0.29, 0.717) is 29.2 Å². The molecule has 0 aliphatic carbocycles. The Bertz CT molecular complexity index is 1500. The van der Waals surface area contributed by atoms with E-state index in [-0.39, 0.29) is 9.27 Å². The molecular formula is C22H17F3N2O6S2. The van der Waals surface area contributed by atoms with Gasteiger partial charge in [0.2, 0.25) is 0 Å². The van der Waals surface area contributed by atoms with E-state index in [0.717, 1.165) is 30.3 Å². The third kappa shape index (κ3) is 5.69. The van der Waals surface area contributed by atoms with E-state index in [2.05, 4.69) is 0 Å². The number of aryl methyl sites for hydroxylation is 1. The van der Waals surface area contributed by atoms with E-state index in [1.54, 1.807) is 18.2 Å². The molecular weight excluding hydrogens is 509 g/mol. The standard InChI is InChI=1S/C22H17F3N2O6S2/c1-16-10-11-20(15-21(16)26(28)29)35(32,33)27(19-9-5-8-18(14-19)22(23,24)25)34(30,31)13-12-17-6-3-2-4-7-17/h2-15H,1H3. The van der Waals surface area contributed by atoms with Gasteiger partial charge in [0.1, 0.15) is 0 Å². The van der Waals surface area contributed by atoms with Gasteiger partial charge in [-0.3, -0.25) is 10.1 Å². The maximum absolute atomic E-state index is 13.4. The van der Waals surface area contributed by atoms with Gasteiger partial charge in [-0.1, -0.05) is 42.5 Å². The van der Waals surface area contributed by atoms with Gasteiger partial charge in [0.05, 0.1) is 26.5 Å². The molecule has 0 N–H and O–H groups in total. The molecule has 35 heavy (non-hydrogen) atoms. The van der Waals surface area contributed by atoms with Crippen LogP contribution >= 0.6 is 0 Å². The second-order valence-corrected chi connectivity index (χ2v) is 10.9. The predicted molar refractivity (Wildman–Crippen MR) is 123 cm³/mol. The van der Waals surface area contributed by atoms with Crippen LogP contribution < -0.4 is 3.71 Å². The summed E-state index contributed by atoms with van der Waals surface area (Å²) in [6.45, 7) is 1.35. The first kappa shape index (κ1) is 25.9. The minimum atomic E-state index is -5.13. The molecule has 3 aromatic rings. The number of nitrogens with zero attached hydrogens (tertiary/aromatic N) is 2. The zero-order valence-corrected chi connectivity index (χ0v) is 19.5. The molecule has 184 valence electrons. The molecule has 3 aromatic carbocycles. The quantitative estimate of drug-likeness (QED) is 0.312. The molecule has 0 heterocycles. The maximum atomic E-state index is 13.4. The average molecular weight is 527 g/mol. The fourth-order valence-corrected chi connectivity index (χ4v) is 6.48. The van der Waals surface area contributed by atoms with E-state index in [4.69, 9.17) is 0 Å². The zero-order valence-electron chi connectivity index (χ0n) is 17.9. The van der Waals surface area contributed by atoms with Crippen molar-refractivity contribution < 1.29 is 34.9 Å². The van der Waals surface area contributed by atoms with Crippen molar-refractivity contribution in [2.45, 2.75) is 18.0 Å². The summed E-state index contributed by atoms with van der Waals surface area (Å²) in [7, 11) is -10.1. The average Bonchev–Trinajstić information content (AvgIpc) is 2.78. The van der Waals surface area contributed by atoms with Crippen LogP contribution in [-0.2, 0) is 26.2 Å². The number of rotatable bonds is 7. The molecule has 13 heteroatoms. The molecule has 0 aliphatic heterocycles. The van der Waals surface area contributed by atoms with Crippen molar-refractivity contribution in [3.8, 4) is 0 Å². The maximum Gasteiger partial charge on any atom is 0.416 e. The predicted octanol–water partition coefficient (Wildman–Crippen LogP) is 5.12. The third-order valence-electron chi connectivity index (χ3n) is 4.74. The highest BCUT2D eigenvalue weighted by molar-refractivity contribution is 8.11. The van der Waals surface area contributed by atoms with Crippen LogP contribution in [0.25, 0.3) is 6.08 Å². The lowest BCUT2D eigenvalue weighted by Crippen LogP contribution is -2.36. The lowest BCUT2D eigenvalue weighted by atomic mass is 10.2. The highest BCUT2D eigenvalue weighted by Gasteiger charge is 2.37. The van der Waals surface area contributed by atoms with Gasteiger partial charge in [0.25, 0.3) is 25.7 Å². The lowest BCUT2D eigenvalue weighted by molar-refractivity contribution is -0.385. The fourth-order valence-electron chi connectivity index (χ4n) is 3.04. The molecule has 0 amide bonds. The summed E-state index contributed by atoms with van der Waals surface area (Å²) in [5, 5.41) is 11.8. The lowest BCUT2D eigenvalue weighted by Gasteiger charge is -2.23. The van der Waals surface area contributed by atoms with E-state index >= 15 is 0 Å². The Morgan fingerprint density at radius 2 is 1.57 bits per heavy atom. The molecule has 0 atom stereocenters. The molecule has 0 spiro atoms. The normalized spacial score (nSPS) is 12.6. The van der Waals surface area contributed by atoms with E-state index in [1.807, 2.05) is 0 Å². The van der Waals surface area contributed by atoms with Gasteiger partial charge in [-0.2, -0.15) is 16.9 Å². The number of hydrogen-bond donors (Lipinski definition) is 0. The Kier molecular flexibility index (Phi) is 7.03. The zero-order chi connectivity index (χ0) is 26.0. The van der Waals surface area contributed by atoms with Crippen LogP contribution in [0.1, 0.15) is 16.7 Å². The van der Waals surface area contributed by atoms with Gasteiger partial charge in [-0.05, 0) is 42.8 Å². The summed E-state index contributed by atoms with van der Waals surface area (Å²) in [5.41, 5.74) is -2.23. The first-order chi connectivity index (χ1) is 16.2. The van der Waals surface area contributed by atoms with Crippen molar-refractivity contribution >= 4 is 37.5 Å². The Balaban J connectivity index is 2.25. The molecule has 0 aromatic heterocycles. The van der Waals surface area contributed by atoms with Gasteiger partial charge in [-0.25, -0.2) is 16.8 Å². The van der Waals surface area contributed by atoms with Gasteiger partial charge < -0.3 is 0 Å². The molecule has 8 nitrogen and oxygen atoms in total. The number of halogens is 3. The van der Waals surface area contributed by atoms with Gasteiger partial charge in [0.15, 0.2) is 0 Å². The summed E-state index contributed by atoms with van der Waals surface area (Å²) in [5.74, 6) is 0. The number of hydrogen-bond acceptors (Lipinski definition) is 6. The molecule has 0 unspecified atom stereocenters. The van der Waals surface area contributed by atoms with E-state index in [1.165, 1.54) is 19.1 Å². The van der Waals surface area contributed by atoms with Gasteiger partial charge >= 0.3 is 6.18 Å². The number of nitro groups is 1. The van der Waals surface area contributed by atoms with Crippen molar-refractivity contribution in [2.24, 2.45) is 0 Å². The molecule has 0 radical (unpaired) electrons. The highest BCUT2D eigenvalue weighted by atomic mass is 32.3. The van der Waals surface area contributed by atoms with Crippen molar-refractivity contribution in [3.63, 3.8) is 0 Å². The van der Waals surface area contributed by atoms with Crippen LogP contribution in [0.5, 0.6) is 0 Å². The van der Waals surface area contributed by atoms with Crippen LogP contribution in [0.3, 0.4) is 0 Å². The second-order valence-electron chi connectivity index (χ2n) is 7.21. The van der Waals surface area contributed by atoms with Crippen LogP contribution in [0.4, 0.5) is 24.5 Å². The summed E-state index contributed by atoms with van der Waals surface area (Å²) in [4.78, 5) is 9.65. The van der Waals surface area contributed by atoms with Crippen LogP contribution in [0, 0.1) is 17.0 Å². The Hall–Kier alpha value is -3.71. The van der Waals surface area contributed by atoms with Crippen molar-refractivity contribution in [1.82, 2.24) is 0 Å². The van der Waals surface area contributed by atoms with E-state index in [9.17, 15) is 40.1 Å². The largest absolute Gasteiger partial charge is 0.416 e. The number of sulfonamides is 2. The number of benzene rings is 3. The summed E-state index contributed by atoms with van der Waals surface area (Å²) < 4.78 is 93.0. The Morgan fingerprint density at radius 1 is 0.914 bits per heavy atom. The molecule has 0 aliphatic rings. The summed E-state index contributed by atoms with van der Waals surface area (Å²) >= 11 is 0. The van der Waals surface area contributed by atoms with Crippen LogP contribution in [-0.4, -0.2) is 21.8 Å². The number of anilines is 1. The highest BCUT2D eigenvalue weighted by Crippen LogP contribution is 2.35. The number of alkyl halides is 3. The molecule has 0 saturated heterocycles. The van der Waals surface area contributed by atoms with Crippen LogP contribution in [0.15, 0.2) is 83.1 Å². The Morgan fingerprint density at radius 3 is 2.17 bits per heavy atom. The van der Waals surface area contributed by atoms with Crippen molar-refractivity contribution in [3.05, 3.63) is 105 Å². The van der Waals surface area contributed by atoms with Gasteiger partial charge in [0, 0.05) is 11.6 Å². The smallest absolute Gasteiger partial charge is 0.258 e. The molecule has 0 saturated carbocycles. The Labute approximate surface area is 199 Å². The monoisotopic (exact) mass is 526 g/mol. The van der Waals surface area contributed by atoms with Crippen molar-refractivity contribution in [2.75, 3.05) is 3.71 Å². The fraction of sp³-hybridized carbons (Fsp3) is 0.0909. The third-order valence-corrected chi connectivity index (χ3v) is 8.60. The molecule has 0 bridgehead atoms. The number of nitro benzene ring substituents is 1. The van der Waals surface area contributed by atoms with E-state index < -0.39 is 53.0 Å².